The molecule has 0 aliphatic rings. The van der Waals surface area contributed by atoms with Gasteiger partial charge < -0.3 is 14.6 Å². The zero-order valence-electron chi connectivity index (χ0n) is 14.1. The van der Waals surface area contributed by atoms with Gasteiger partial charge in [0.05, 0.1) is 13.7 Å². The average molecular weight is 322 g/mol. The minimum Gasteiger partial charge on any atom is -0.497 e. The van der Waals surface area contributed by atoms with Crippen molar-refractivity contribution in [3.8, 4) is 5.75 Å². The van der Waals surface area contributed by atoms with Crippen LogP contribution in [0.1, 0.15) is 45.1 Å². The van der Waals surface area contributed by atoms with Gasteiger partial charge in [-0.15, -0.1) is 0 Å². The van der Waals surface area contributed by atoms with Crippen LogP contribution in [0.25, 0.3) is 6.08 Å². The summed E-state index contributed by atoms with van der Waals surface area (Å²) >= 11 is 0. The van der Waals surface area contributed by atoms with Gasteiger partial charge in [-0.2, -0.15) is 0 Å². The Morgan fingerprint density at radius 1 is 1.13 bits per heavy atom. The number of esters is 1. The van der Waals surface area contributed by atoms with Crippen LogP contribution in [0.3, 0.4) is 0 Å². The monoisotopic (exact) mass is 322 g/mol. The summed E-state index contributed by atoms with van der Waals surface area (Å²) in [4.78, 5) is 20.4. The predicted octanol–water partition coefficient (Wildman–Crippen LogP) is 3.92. The fraction of sp³-hybridized carbons (Fsp3) is 0.444. The molecule has 1 N–H and O–H groups in total. The van der Waals surface area contributed by atoms with Crippen LogP contribution in [-0.4, -0.2) is 30.8 Å². The van der Waals surface area contributed by atoms with Crippen molar-refractivity contribution in [3.05, 3.63) is 35.9 Å². The maximum Gasteiger partial charge on any atom is 0.328 e. The van der Waals surface area contributed by atoms with Crippen molar-refractivity contribution >= 4 is 18.0 Å². The number of ether oxygens (including phenoxy) is 2. The second-order valence-corrected chi connectivity index (χ2v) is 4.85. The molecule has 1 aromatic rings. The summed E-state index contributed by atoms with van der Waals surface area (Å²) in [5.74, 6) is -0.361. The molecule has 0 fully saturated rings. The molecule has 0 bridgehead atoms. The molecule has 0 aliphatic heterocycles. The Kier molecular flexibility index (Phi) is 12.0. The van der Waals surface area contributed by atoms with E-state index in [9.17, 15) is 9.59 Å². The minimum absolute atomic E-state index is 0.170. The number of carbonyl (C=O) groups excluding carboxylic acids is 1. The van der Waals surface area contributed by atoms with E-state index in [1.165, 1.54) is 32.3 Å². The molecule has 0 saturated heterocycles. The molecule has 0 aromatic heterocycles. The smallest absolute Gasteiger partial charge is 0.328 e. The zero-order chi connectivity index (χ0) is 17.5. The molecule has 0 radical (unpaired) electrons. The molecular formula is C18H26O5. The number of benzene rings is 1. The normalized spacial score (nSPS) is 9.87. The van der Waals surface area contributed by atoms with Crippen molar-refractivity contribution in [2.45, 2.75) is 39.5 Å². The van der Waals surface area contributed by atoms with Crippen molar-refractivity contribution in [2.24, 2.45) is 0 Å². The number of carboxylic acids is 1. The van der Waals surface area contributed by atoms with Crippen molar-refractivity contribution in [1.29, 1.82) is 0 Å². The SMILES string of the molecule is CCCCCCOC(C)=O.COc1ccc(C=CC(=O)O)cc1. The third-order valence-corrected chi connectivity index (χ3v) is 2.84. The lowest BCUT2D eigenvalue weighted by Gasteiger charge is -1.99. The molecule has 0 amide bonds. The van der Waals surface area contributed by atoms with Gasteiger partial charge in [0, 0.05) is 13.0 Å². The first-order chi connectivity index (χ1) is 11.0. The number of rotatable bonds is 8. The number of unbranched alkanes of at least 4 members (excludes halogenated alkanes) is 3. The van der Waals surface area contributed by atoms with Gasteiger partial charge in [0.2, 0.25) is 0 Å². The Balaban J connectivity index is 0.000000438. The van der Waals surface area contributed by atoms with Gasteiger partial charge in [0.25, 0.3) is 0 Å². The highest BCUT2D eigenvalue weighted by Gasteiger charge is 1.92. The van der Waals surface area contributed by atoms with E-state index in [1.54, 1.807) is 31.4 Å². The number of carbonyl (C=O) groups is 2. The first-order valence-electron chi connectivity index (χ1n) is 7.68. The van der Waals surface area contributed by atoms with E-state index in [1.807, 2.05) is 0 Å². The van der Waals surface area contributed by atoms with E-state index >= 15 is 0 Å². The number of aliphatic carboxylic acids is 1. The third-order valence-electron chi connectivity index (χ3n) is 2.84. The van der Waals surface area contributed by atoms with Crippen LogP contribution in [0.5, 0.6) is 5.75 Å². The van der Waals surface area contributed by atoms with E-state index < -0.39 is 5.97 Å². The molecule has 5 nitrogen and oxygen atoms in total. The Bertz CT molecular complexity index is 477. The lowest BCUT2D eigenvalue weighted by molar-refractivity contribution is -0.141. The lowest BCUT2D eigenvalue weighted by atomic mass is 10.2. The fourth-order valence-electron chi connectivity index (χ4n) is 1.63. The molecule has 5 heteroatoms. The van der Waals surface area contributed by atoms with E-state index in [2.05, 4.69) is 6.92 Å². The largest absolute Gasteiger partial charge is 0.497 e. The van der Waals surface area contributed by atoms with Crippen molar-refractivity contribution in [3.63, 3.8) is 0 Å². The van der Waals surface area contributed by atoms with Crippen LogP contribution in [0.4, 0.5) is 0 Å². The summed E-state index contributed by atoms with van der Waals surface area (Å²) in [5, 5.41) is 8.36. The van der Waals surface area contributed by atoms with Crippen LogP contribution in [0.15, 0.2) is 30.3 Å². The van der Waals surface area contributed by atoms with Gasteiger partial charge in [-0.25, -0.2) is 4.79 Å². The number of carboxylic acid groups (broad SMARTS) is 1. The first-order valence-corrected chi connectivity index (χ1v) is 7.68. The number of hydrogen-bond donors (Lipinski definition) is 1. The highest BCUT2D eigenvalue weighted by atomic mass is 16.5. The molecule has 128 valence electrons. The quantitative estimate of drug-likeness (QED) is 0.446. The molecule has 0 aliphatic carbocycles. The molecule has 0 spiro atoms. The molecule has 0 atom stereocenters. The van der Waals surface area contributed by atoms with Crippen molar-refractivity contribution in [1.82, 2.24) is 0 Å². The topological polar surface area (TPSA) is 72.8 Å². The van der Waals surface area contributed by atoms with E-state index in [0.29, 0.717) is 6.61 Å². The summed E-state index contributed by atoms with van der Waals surface area (Å²) in [7, 11) is 1.59. The minimum atomic E-state index is -0.948. The summed E-state index contributed by atoms with van der Waals surface area (Å²) in [5.41, 5.74) is 0.836. The van der Waals surface area contributed by atoms with Gasteiger partial charge in [-0.1, -0.05) is 38.3 Å². The molecule has 23 heavy (non-hydrogen) atoms. The second-order valence-electron chi connectivity index (χ2n) is 4.85. The van der Waals surface area contributed by atoms with Crippen LogP contribution in [0.2, 0.25) is 0 Å². The third kappa shape index (κ3) is 13.1. The zero-order valence-corrected chi connectivity index (χ0v) is 14.1. The standard InChI is InChI=1S/C10H10O3.C8H16O2/c1-13-9-5-2-8(3-6-9)4-7-10(11)12;1-3-4-5-6-7-10-8(2)9/h2-7H,1H3,(H,11,12);3-7H2,1-2H3. The molecule has 0 unspecified atom stereocenters. The Morgan fingerprint density at radius 2 is 1.78 bits per heavy atom. The summed E-state index contributed by atoms with van der Waals surface area (Å²) in [6.45, 7) is 4.20. The van der Waals surface area contributed by atoms with Crippen molar-refractivity contribution in [2.75, 3.05) is 13.7 Å². The predicted molar refractivity (Wildman–Crippen MR) is 90.4 cm³/mol. The maximum atomic E-state index is 10.3. The molecular weight excluding hydrogens is 296 g/mol. The Hall–Kier alpha value is -2.30. The molecule has 0 heterocycles. The Labute approximate surface area is 137 Å². The summed E-state index contributed by atoms with van der Waals surface area (Å²) in [6, 6.07) is 7.14. The van der Waals surface area contributed by atoms with Gasteiger partial charge in [-0.05, 0) is 30.2 Å². The highest BCUT2D eigenvalue weighted by molar-refractivity contribution is 5.85. The van der Waals surface area contributed by atoms with Crippen LogP contribution in [0, 0.1) is 0 Å². The average Bonchev–Trinajstić information content (AvgIpc) is 2.53. The first kappa shape index (κ1) is 20.7. The van der Waals surface area contributed by atoms with Crippen LogP contribution >= 0.6 is 0 Å². The summed E-state index contributed by atoms with van der Waals surface area (Å²) in [6.07, 6.45) is 7.27. The van der Waals surface area contributed by atoms with Crippen LogP contribution in [-0.2, 0) is 14.3 Å². The van der Waals surface area contributed by atoms with E-state index in [0.717, 1.165) is 23.8 Å². The Morgan fingerprint density at radius 3 is 2.26 bits per heavy atom. The van der Waals surface area contributed by atoms with Gasteiger partial charge >= 0.3 is 11.9 Å². The number of methoxy groups -OCH3 is 1. The van der Waals surface area contributed by atoms with E-state index in [-0.39, 0.29) is 5.97 Å². The van der Waals surface area contributed by atoms with E-state index in [4.69, 9.17) is 14.6 Å². The molecule has 0 saturated carbocycles. The van der Waals surface area contributed by atoms with Gasteiger partial charge in [0.15, 0.2) is 0 Å². The second kappa shape index (κ2) is 13.4. The fourth-order valence-corrected chi connectivity index (χ4v) is 1.63. The van der Waals surface area contributed by atoms with Gasteiger partial charge in [0.1, 0.15) is 5.75 Å². The number of hydrogen-bond acceptors (Lipinski definition) is 4. The highest BCUT2D eigenvalue weighted by Crippen LogP contribution is 2.11. The van der Waals surface area contributed by atoms with Crippen molar-refractivity contribution < 1.29 is 24.2 Å². The van der Waals surface area contributed by atoms with Crippen LogP contribution < -0.4 is 4.74 Å². The van der Waals surface area contributed by atoms with Gasteiger partial charge in [-0.3, -0.25) is 4.79 Å². The molecule has 1 aromatic carbocycles. The maximum absolute atomic E-state index is 10.3. The summed E-state index contributed by atoms with van der Waals surface area (Å²) < 4.78 is 9.70. The molecule has 1 rings (SSSR count). The lowest BCUT2D eigenvalue weighted by Crippen LogP contribution is -1.99.